The highest BCUT2D eigenvalue weighted by atomic mass is 16.5. The molecular formula is C15H23N3O2. The van der Waals surface area contributed by atoms with E-state index in [2.05, 4.69) is 15.5 Å². The molecule has 5 heteroatoms. The van der Waals surface area contributed by atoms with Crippen LogP contribution in [0.3, 0.4) is 0 Å². The van der Waals surface area contributed by atoms with Gasteiger partial charge in [0.2, 0.25) is 5.91 Å². The average molecular weight is 277 g/mol. The zero-order chi connectivity index (χ0) is 14.2. The molecule has 1 aromatic rings. The standard InChI is InChI=1S/C15H23N3O2/c1-20-14-4-2-3-13(11-14)12-15(19)17-7-10-18-8-5-16-6-9-18/h2-4,11,16H,5-10,12H2,1H3,(H,17,19). The van der Waals surface area contributed by atoms with Crippen molar-refractivity contribution in [1.29, 1.82) is 0 Å². The van der Waals surface area contributed by atoms with E-state index in [0.717, 1.165) is 44.0 Å². The fraction of sp³-hybridized carbons (Fsp3) is 0.533. The molecule has 0 spiro atoms. The van der Waals surface area contributed by atoms with Crippen molar-refractivity contribution in [3.05, 3.63) is 29.8 Å². The topological polar surface area (TPSA) is 53.6 Å². The van der Waals surface area contributed by atoms with E-state index >= 15 is 0 Å². The Morgan fingerprint density at radius 3 is 2.95 bits per heavy atom. The lowest BCUT2D eigenvalue weighted by Crippen LogP contribution is -2.46. The van der Waals surface area contributed by atoms with Gasteiger partial charge in [0.1, 0.15) is 5.75 Å². The summed E-state index contributed by atoms with van der Waals surface area (Å²) in [5, 5.41) is 6.29. The van der Waals surface area contributed by atoms with Gasteiger partial charge in [0.25, 0.3) is 0 Å². The molecule has 5 nitrogen and oxygen atoms in total. The monoisotopic (exact) mass is 277 g/mol. The van der Waals surface area contributed by atoms with Crippen molar-refractivity contribution in [2.45, 2.75) is 6.42 Å². The first-order valence-electron chi connectivity index (χ1n) is 7.10. The first-order valence-corrected chi connectivity index (χ1v) is 7.10. The molecule has 1 aliphatic rings. The van der Waals surface area contributed by atoms with Gasteiger partial charge in [-0.2, -0.15) is 0 Å². The summed E-state index contributed by atoms with van der Waals surface area (Å²) in [6.45, 7) is 5.83. The zero-order valence-corrected chi connectivity index (χ0v) is 12.0. The number of hydrogen-bond acceptors (Lipinski definition) is 4. The van der Waals surface area contributed by atoms with Crippen LogP contribution in [0, 0.1) is 0 Å². The van der Waals surface area contributed by atoms with E-state index in [-0.39, 0.29) is 5.91 Å². The highest BCUT2D eigenvalue weighted by Gasteiger charge is 2.09. The number of carbonyl (C=O) groups is 1. The van der Waals surface area contributed by atoms with Crippen LogP contribution in [0.4, 0.5) is 0 Å². The molecule has 1 heterocycles. The van der Waals surface area contributed by atoms with Gasteiger partial charge in [-0.15, -0.1) is 0 Å². The van der Waals surface area contributed by atoms with Crippen LogP contribution < -0.4 is 15.4 Å². The maximum absolute atomic E-state index is 11.9. The van der Waals surface area contributed by atoms with Crippen LogP contribution in [0.25, 0.3) is 0 Å². The van der Waals surface area contributed by atoms with E-state index in [4.69, 9.17) is 4.74 Å². The van der Waals surface area contributed by atoms with Crippen LogP contribution in [-0.2, 0) is 11.2 Å². The van der Waals surface area contributed by atoms with E-state index < -0.39 is 0 Å². The van der Waals surface area contributed by atoms with Crippen molar-refractivity contribution in [3.63, 3.8) is 0 Å². The van der Waals surface area contributed by atoms with Crippen molar-refractivity contribution in [2.24, 2.45) is 0 Å². The molecule has 20 heavy (non-hydrogen) atoms. The lowest BCUT2D eigenvalue weighted by Gasteiger charge is -2.27. The lowest BCUT2D eigenvalue weighted by molar-refractivity contribution is -0.120. The number of amides is 1. The molecule has 0 unspecified atom stereocenters. The number of piperazine rings is 1. The maximum Gasteiger partial charge on any atom is 0.224 e. The fourth-order valence-corrected chi connectivity index (χ4v) is 2.32. The Kier molecular flexibility index (Phi) is 5.83. The van der Waals surface area contributed by atoms with E-state index in [1.54, 1.807) is 7.11 Å². The molecular weight excluding hydrogens is 254 g/mol. The minimum Gasteiger partial charge on any atom is -0.497 e. The van der Waals surface area contributed by atoms with Gasteiger partial charge in [-0.25, -0.2) is 0 Å². The summed E-state index contributed by atoms with van der Waals surface area (Å²) in [5.74, 6) is 0.851. The van der Waals surface area contributed by atoms with Crippen molar-refractivity contribution < 1.29 is 9.53 Å². The molecule has 110 valence electrons. The summed E-state index contributed by atoms with van der Waals surface area (Å²) >= 11 is 0. The number of rotatable bonds is 6. The largest absolute Gasteiger partial charge is 0.497 e. The van der Waals surface area contributed by atoms with E-state index in [1.165, 1.54) is 0 Å². The van der Waals surface area contributed by atoms with Crippen LogP contribution in [-0.4, -0.2) is 57.2 Å². The first-order chi connectivity index (χ1) is 9.78. The normalized spacial score (nSPS) is 15.8. The second-order valence-electron chi connectivity index (χ2n) is 4.97. The van der Waals surface area contributed by atoms with Crippen LogP contribution in [0.5, 0.6) is 5.75 Å². The average Bonchev–Trinajstić information content (AvgIpc) is 2.48. The number of methoxy groups -OCH3 is 1. The van der Waals surface area contributed by atoms with Gasteiger partial charge in [0.15, 0.2) is 0 Å². The Hall–Kier alpha value is -1.59. The number of benzene rings is 1. The Labute approximate surface area is 120 Å². The molecule has 1 aliphatic heterocycles. The number of hydrogen-bond donors (Lipinski definition) is 2. The SMILES string of the molecule is COc1cccc(CC(=O)NCCN2CCNCC2)c1. The maximum atomic E-state index is 11.9. The predicted molar refractivity (Wildman–Crippen MR) is 79.0 cm³/mol. The molecule has 1 saturated heterocycles. The van der Waals surface area contributed by atoms with E-state index in [1.807, 2.05) is 24.3 Å². The van der Waals surface area contributed by atoms with Crippen molar-refractivity contribution in [3.8, 4) is 5.75 Å². The van der Waals surface area contributed by atoms with Crippen molar-refractivity contribution >= 4 is 5.91 Å². The molecule has 0 aliphatic carbocycles. The molecule has 0 saturated carbocycles. The fourth-order valence-electron chi connectivity index (χ4n) is 2.32. The number of nitrogens with one attached hydrogen (secondary N) is 2. The number of carbonyl (C=O) groups excluding carboxylic acids is 1. The lowest BCUT2D eigenvalue weighted by atomic mass is 10.1. The Bertz CT molecular complexity index is 431. The summed E-state index contributed by atoms with van der Waals surface area (Å²) < 4.78 is 5.15. The molecule has 1 amide bonds. The van der Waals surface area contributed by atoms with Crippen molar-refractivity contribution in [2.75, 3.05) is 46.4 Å². The molecule has 0 aromatic heterocycles. The Morgan fingerprint density at radius 1 is 1.40 bits per heavy atom. The minimum atomic E-state index is 0.0633. The van der Waals surface area contributed by atoms with Crippen molar-refractivity contribution in [1.82, 2.24) is 15.5 Å². The van der Waals surface area contributed by atoms with Gasteiger partial charge in [0, 0.05) is 39.3 Å². The molecule has 0 atom stereocenters. The summed E-state index contributed by atoms with van der Waals surface area (Å²) in [4.78, 5) is 14.2. The summed E-state index contributed by atoms with van der Waals surface area (Å²) in [7, 11) is 1.63. The van der Waals surface area contributed by atoms with Gasteiger partial charge in [-0.1, -0.05) is 12.1 Å². The summed E-state index contributed by atoms with van der Waals surface area (Å²) in [5.41, 5.74) is 0.976. The first kappa shape index (κ1) is 14.8. The summed E-state index contributed by atoms with van der Waals surface area (Å²) in [6.07, 6.45) is 0.402. The predicted octanol–water partition coefficient (Wildman–Crippen LogP) is 0.259. The highest BCUT2D eigenvalue weighted by molar-refractivity contribution is 5.78. The van der Waals surface area contributed by atoms with Gasteiger partial charge in [-0.05, 0) is 17.7 Å². The molecule has 0 radical (unpaired) electrons. The Morgan fingerprint density at radius 2 is 2.20 bits per heavy atom. The third-order valence-electron chi connectivity index (χ3n) is 3.46. The molecule has 1 fully saturated rings. The number of nitrogens with zero attached hydrogens (tertiary/aromatic N) is 1. The minimum absolute atomic E-state index is 0.0633. The highest BCUT2D eigenvalue weighted by Crippen LogP contribution is 2.12. The molecule has 2 N–H and O–H groups in total. The van der Waals surface area contributed by atoms with E-state index in [0.29, 0.717) is 13.0 Å². The molecule has 0 bridgehead atoms. The van der Waals surface area contributed by atoms with Crippen LogP contribution in [0.15, 0.2) is 24.3 Å². The van der Waals surface area contributed by atoms with Crippen LogP contribution in [0.2, 0.25) is 0 Å². The van der Waals surface area contributed by atoms with Gasteiger partial charge >= 0.3 is 0 Å². The molecule has 2 rings (SSSR count). The number of ether oxygens (including phenoxy) is 1. The smallest absolute Gasteiger partial charge is 0.224 e. The van der Waals surface area contributed by atoms with Gasteiger partial charge < -0.3 is 15.4 Å². The van der Waals surface area contributed by atoms with Gasteiger partial charge in [-0.3, -0.25) is 9.69 Å². The van der Waals surface area contributed by atoms with Crippen LogP contribution >= 0.6 is 0 Å². The van der Waals surface area contributed by atoms with Crippen LogP contribution in [0.1, 0.15) is 5.56 Å². The molecule has 1 aromatic carbocycles. The quantitative estimate of drug-likeness (QED) is 0.783. The third-order valence-corrected chi connectivity index (χ3v) is 3.46. The summed E-state index contributed by atoms with van der Waals surface area (Å²) in [6, 6.07) is 7.63. The Balaban J connectivity index is 1.69. The second kappa shape index (κ2) is 7.87. The van der Waals surface area contributed by atoms with Gasteiger partial charge in [0.05, 0.1) is 13.5 Å². The zero-order valence-electron chi connectivity index (χ0n) is 12.0. The van der Waals surface area contributed by atoms with E-state index in [9.17, 15) is 4.79 Å². The third kappa shape index (κ3) is 4.83. The second-order valence-corrected chi connectivity index (χ2v) is 4.97.